The van der Waals surface area contributed by atoms with Crippen LogP contribution >= 0.6 is 11.6 Å². The minimum absolute atomic E-state index is 0.000956. The van der Waals surface area contributed by atoms with Crippen LogP contribution < -0.4 is 0 Å². The normalized spacial score (nSPS) is 10.2. The first-order chi connectivity index (χ1) is 7.91. The molecule has 5 nitrogen and oxygen atoms in total. The number of carbonyl (C=O) groups excluding carboxylic acids is 1. The summed E-state index contributed by atoms with van der Waals surface area (Å²) in [7, 11) is 0. The molecule has 17 heavy (non-hydrogen) atoms. The highest BCUT2D eigenvalue weighted by molar-refractivity contribution is 6.32. The number of halogens is 1. The van der Waals surface area contributed by atoms with Gasteiger partial charge in [-0.15, -0.1) is 0 Å². The maximum absolute atomic E-state index is 11.6. The fourth-order valence-corrected chi connectivity index (χ4v) is 1.47. The van der Waals surface area contributed by atoms with E-state index in [9.17, 15) is 19.8 Å². The second-order valence-corrected chi connectivity index (χ2v) is 3.90. The van der Waals surface area contributed by atoms with Gasteiger partial charge in [-0.25, -0.2) is 0 Å². The number of carboxylic acids is 1. The average Bonchev–Trinajstić information content (AvgIpc) is 2.22. The van der Waals surface area contributed by atoms with E-state index in [4.69, 9.17) is 16.7 Å². The molecule has 0 aliphatic heterocycles. The van der Waals surface area contributed by atoms with Gasteiger partial charge in [0, 0.05) is 18.9 Å². The molecule has 3 N–H and O–H groups in total. The Hall–Kier alpha value is -1.75. The van der Waals surface area contributed by atoms with Crippen LogP contribution in [0.3, 0.4) is 0 Å². The van der Waals surface area contributed by atoms with Crippen molar-refractivity contribution in [3.8, 4) is 11.5 Å². The highest BCUT2D eigenvalue weighted by Gasteiger charge is 2.14. The fraction of sp³-hybridized carbons (Fsp3) is 0.273. The average molecular weight is 259 g/mol. The molecule has 0 bridgehead atoms. The van der Waals surface area contributed by atoms with Gasteiger partial charge in [0.15, 0.2) is 5.78 Å². The fourth-order valence-electron chi connectivity index (χ4n) is 1.31. The second-order valence-electron chi connectivity index (χ2n) is 3.49. The number of carboxylic acid groups (broad SMARTS) is 1. The topological polar surface area (TPSA) is 94.8 Å². The van der Waals surface area contributed by atoms with E-state index >= 15 is 0 Å². The van der Waals surface area contributed by atoms with Crippen LogP contribution in [0.25, 0.3) is 0 Å². The number of phenols is 2. The zero-order valence-corrected chi connectivity index (χ0v) is 9.57. The Labute approximate surface area is 102 Å². The van der Waals surface area contributed by atoms with Gasteiger partial charge in [0.2, 0.25) is 0 Å². The number of Topliss-reactive ketones (excluding diaryl/α,β-unsaturated/α-hetero) is 1. The lowest BCUT2D eigenvalue weighted by Crippen LogP contribution is -2.02. The second kappa shape index (κ2) is 5.54. The van der Waals surface area contributed by atoms with E-state index in [2.05, 4.69) is 0 Å². The molecule has 0 aromatic heterocycles. The van der Waals surface area contributed by atoms with E-state index in [1.54, 1.807) is 0 Å². The maximum atomic E-state index is 11.6. The summed E-state index contributed by atoms with van der Waals surface area (Å²) >= 11 is 5.61. The standard InChI is InChI=1S/C11H11ClO5/c12-7-4-6(9(14)5-10(7)15)8(13)2-1-3-11(16)17/h4-5,14-15H,1-3H2,(H,16,17). The van der Waals surface area contributed by atoms with Gasteiger partial charge in [-0.3, -0.25) is 9.59 Å². The van der Waals surface area contributed by atoms with Crippen LogP contribution in [0, 0.1) is 0 Å². The summed E-state index contributed by atoms with van der Waals surface area (Å²) in [5.41, 5.74) is -0.0156. The van der Waals surface area contributed by atoms with Crippen molar-refractivity contribution in [3.63, 3.8) is 0 Å². The molecule has 1 rings (SSSR count). The van der Waals surface area contributed by atoms with Crippen LogP contribution in [0.1, 0.15) is 29.6 Å². The van der Waals surface area contributed by atoms with Crippen molar-refractivity contribution in [1.29, 1.82) is 0 Å². The van der Waals surface area contributed by atoms with Gasteiger partial charge in [0.05, 0.1) is 10.6 Å². The molecule has 0 amide bonds. The lowest BCUT2D eigenvalue weighted by Gasteiger charge is -2.05. The molecule has 0 spiro atoms. The zero-order valence-electron chi connectivity index (χ0n) is 8.81. The third-order valence-electron chi connectivity index (χ3n) is 2.16. The first kappa shape index (κ1) is 13.3. The molecular formula is C11H11ClO5. The molecule has 0 aliphatic rings. The molecule has 0 heterocycles. The summed E-state index contributed by atoms with van der Waals surface area (Å²) in [5.74, 6) is -2.07. The number of benzene rings is 1. The quantitative estimate of drug-likeness (QED) is 0.704. The Morgan fingerprint density at radius 3 is 2.35 bits per heavy atom. The van der Waals surface area contributed by atoms with Gasteiger partial charge in [0.1, 0.15) is 11.5 Å². The molecular weight excluding hydrogens is 248 g/mol. The predicted molar refractivity (Wildman–Crippen MR) is 60.6 cm³/mol. The molecule has 6 heteroatoms. The van der Waals surface area contributed by atoms with E-state index in [-0.39, 0.29) is 41.3 Å². The van der Waals surface area contributed by atoms with Gasteiger partial charge < -0.3 is 15.3 Å². The maximum Gasteiger partial charge on any atom is 0.303 e. The lowest BCUT2D eigenvalue weighted by molar-refractivity contribution is -0.137. The molecule has 0 atom stereocenters. The number of ketones is 1. The van der Waals surface area contributed by atoms with Gasteiger partial charge in [-0.1, -0.05) is 11.6 Å². The number of hydrogen-bond donors (Lipinski definition) is 3. The third-order valence-corrected chi connectivity index (χ3v) is 2.46. The van der Waals surface area contributed by atoms with Crippen molar-refractivity contribution in [3.05, 3.63) is 22.7 Å². The molecule has 1 aromatic carbocycles. The van der Waals surface area contributed by atoms with E-state index in [1.165, 1.54) is 0 Å². The van der Waals surface area contributed by atoms with Crippen LogP contribution in [-0.2, 0) is 4.79 Å². The van der Waals surface area contributed by atoms with Crippen LogP contribution in [-0.4, -0.2) is 27.1 Å². The van der Waals surface area contributed by atoms with E-state index in [0.29, 0.717) is 0 Å². The van der Waals surface area contributed by atoms with Crippen molar-refractivity contribution in [2.24, 2.45) is 0 Å². The predicted octanol–water partition coefficient (Wildman–Crippen LogP) is 2.19. The zero-order chi connectivity index (χ0) is 13.0. The van der Waals surface area contributed by atoms with Crippen LogP contribution in [0.2, 0.25) is 5.02 Å². The Morgan fingerprint density at radius 2 is 1.76 bits per heavy atom. The molecule has 0 aliphatic carbocycles. The van der Waals surface area contributed by atoms with Gasteiger partial charge in [-0.05, 0) is 12.5 Å². The minimum Gasteiger partial charge on any atom is -0.507 e. The Morgan fingerprint density at radius 1 is 1.12 bits per heavy atom. The SMILES string of the molecule is O=C(O)CCCC(=O)c1cc(Cl)c(O)cc1O. The first-order valence-electron chi connectivity index (χ1n) is 4.88. The van der Waals surface area contributed by atoms with Crippen LogP contribution in [0.15, 0.2) is 12.1 Å². The number of carbonyl (C=O) groups is 2. The Kier molecular flexibility index (Phi) is 4.34. The van der Waals surface area contributed by atoms with Gasteiger partial charge >= 0.3 is 5.97 Å². The van der Waals surface area contributed by atoms with Gasteiger partial charge in [-0.2, -0.15) is 0 Å². The number of rotatable bonds is 5. The molecule has 0 saturated carbocycles. The highest BCUT2D eigenvalue weighted by atomic mass is 35.5. The van der Waals surface area contributed by atoms with Crippen molar-refractivity contribution < 1.29 is 24.9 Å². The Bertz CT molecular complexity index is 455. The molecule has 1 aromatic rings. The molecule has 92 valence electrons. The van der Waals surface area contributed by atoms with E-state index in [1.807, 2.05) is 0 Å². The van der Waals surface area contributed by atoms with E-state index in [0.717, 1.165) is 12.1 Å². The number of aliphatic carboxylic acids is 1. The van der Waals surface area contributed by atoms with Crippen LogP contribution in [0.4, 0.5) is 0 Å². The van der Waals surface area contributed by atoms with Crippen molar-refractivity contribution in [2.45, 2.75) is 19.3 Å². The number of hydrogen-bond acceptors (Lipinski definition) is 4. The monoisotopic (exact) mass is 258 g/mol. The third kappa shape index (κ3) is 3.64. The Balaban J connectivity index is 2.75. The summed E-state index contributed by atoms with van der Waals surface area (Å²) in [5, 5.41) is 27.0. The largest absolute Gasteiger partial charge is 0.507 e. The minimum atomic E-state index is -0.981. The van der Waals surface area contributed by atoms with Gasteiger partial charge in [0.25, 0.3) is 0 Å². The number of aromatic hydroxyl groups is 2. The van der Waals surface area contributed by atoms with Crippen molar-refractivity contribution in [1.82, 2.24) is 0 Å². The van der Waals surface area contributed by atoms with Crippen molar-refractivity contribution >= 4 is 23.4 Å². The summed E-state index contributed by atoms with van der Waals surface area (Å²) < 4.78 is 0. The van der Waals surface area contributed by atoms with Crippen LogP contribution in [0.5, 0.6) is 11.5 Å². The summed E-state index contributed by atoms with van der Waals surface area (Å²) in [6.07, 6.45) is 0.0748. The highest BCUT2D eigenvalue weighted by Crippen LogP contribution is 2.31. The van der Waals surface area contributed by atoms with E-state index < -0.39 is 11.8 Å². The number of phenolic OH excluding ortho intramolecular Hbond substituents is 2. The smallest absolute Gasteiger partial charge is 0.303 e. The first-order valence-corrected chi connectivity index (χ1v) is 5.26. The molecule has 0 radical (unpaired) electrons. The summed E-state index contributed by atoms with van der Waals surface area (Å²) in [6.45, 7) is 0. The summed E-state index contributed by atoms with van der Waals surface area (Å²) in [4.78, 5) is 21.9. The summed E-state index contributed by atoms with van der Waals surface area (Å²) in [6, 6.07) is 2.14. The lowest BCUT2D eigenvalue weighted by atomic mass is 10.0. The van der Waals surface area contributed by atoms with Crippen molar-refractivity contribution in [2.75, 3.05) is 0 Å². The molecule has 0 saturated heterocycles. The molecule has 0 fully saturated rings. The molecule has 0 unspecified atom stereocenters.